The van der Waals surface area contributed by atoms with Crippen LogP contribution in [0.1, 0.15) is 37.7 Å². The number of anilines is 1. The van der Waals surface area contributed by atoms with Crippen molar-refractivity contribution in [2.45, 2.75) is 44.3 Å². The third-order valence-electron chi connectivity index (χ3n) is 6.35. The summed E-state index contributed by atoms with van der Waals surface area (Å²) in [6, 6.07) is 4.77. The zero-order valence-corrected chi connectivity index (χ0v) is 19.5. The van der Waals surface area contributed by atoms with Gasteiger partial charge in [-0.15, -0.1) is 0 Å². The maximum atomic E-state index is 13.9. The summed E-state index contributed by atoms with van der Waals surface area (Å²) in [5.41, 5.74) is -0.409. The molecule has 1 atom stereocenters. The van der Waals surface area contributed by atoms with E-state index in [2.05, 4.69) is 20.3 Å². The van der Waals surface area contributed by atoms with Gasteiger partial charge in [-0.3, -0.25) is 0 Å². The van der Waals surface area contributed by atoms with E-state index >= 15 is 0 Å². The summed E-state index contributed by atoms with van der Waals surface area (Å²) in [7, 11) is -2.66. The molecule has 2 heterocycles. The van der Waals surface area contributed by atoms with Gasteiger partial charge in [-0.2, -0.15) is 13.2 Å². The topological polar surface area (TPSA) is 90.9 Å². The number of aliphatic hydroxyl groups excluding tert-OH is 1. The highest BCUT2D eigenvalue weighted by atomic mass is 31.2. The largest absolute Gasteiger partial charge is 0.419 e. The van der Waals surface area contributed by atoms with Gasteiger partial charge in [0.05, 0.1) is 23.9 Å². The van der Waals surface area contributed by atoms with Crippen LogP contribution in [0.5, 0.6) is 0 Å². The molecule has 0 aliphatic heterocycles. The van der Waals surface area contributed by atoms with E-state index in [0.717, 1.165) is 38.3 Å². The Balaban J connectivity index is 1.79. The number of hydrogen-bond acceptors (Lipinski definition) is 5. The van der Waals surface area contributed by atoms with E-state index < -0.39 is 18.9 Å². The highest BCUT2D eigenvalue weighted by molar-refractivity contribution is 7.70. The molecule has 1 fully saturated rings. The number of halogens is 3. The Kier molecular flexibility index (Phi) is 6.56. The molecular formula is C23H28F3N4O2P. The fourth-order valence-corrected chi connectivity index (χ4v) is 5.83. The van der Waals surface area contributed by atoms with E-state index in [4.69, 9.17) is 0 Å². The van der Waals surface area contributed by atoms with Gasteiger partial charge >= 0.3 is 6.18 Å². The van der Waals surface area contributed by atoms with Crippen molar-refractivity contribution in [2.75, 3.05) is 25.3 Å². The van der Waals surface area contributed by atoms with Gasteiger partial charge in [0, 0.05) is 28.6 Å². The van der Waals surface area contributed by atoms with E-state index in [-0.39, 0.29) is 35.8 Å². The number of fused-ring (bicyclic) bond motifs is 1. The highest BCUT2D eigenvalue weighted by Crippen LogP contribution is 2.42. The second-order valence-corrected chi connectivity index (χ2v) is 12.2. The van der Waals surface area contributed by atoms with Crippen LogP contribution in [-0.4, -0.2) is 46.0 Å². The van der Waals surface area contributed by atoms with Gasteiger partial charge < -0.3 is 20.0 Å². The number of alkyl halides is 3. The predicted octanol–water partition coefficient (Wildman–Crippen LogP) is 5.24. The average molecular weight is 480 g/mol. The average Bonchev–Trinajstić information content (AvgIpc) is 3.20. The van der Waals surface area contributed by atoms with Crippen LogP contribution in [-0.2, 0) is 10.7 Å². The zero-order valence-electron chi connectivity index (χ0n) is 18.6. The highest BCUT2D eigenvalue weighted by Gasteiger charge is 2.36. The monoisotopic (exact) mass is 480 g/mol. The van der Waals surface area contributed by atoms with Gasteiger partial charge in [0.15, 0.2) is 0 Å². The smallest absolute Gasteiger partial charge is 0.394 e. The number of para-hydroxylation sites is 1. The van der Waals surface area contributed by atoms with Gasteiger partial charge in [-0.25, -0.2) is 9.97 Å². The molecule has 1 aliphatic carbocycles. The molecule has 0 bridgehead atoms. The molecule has 1 saturated carbocycles. The fraction of sp³-hybridized carbons (Fsp3) is 0.478. The lowest BCUT2D eigenvalue weighted by Gasteiger charge is -2.29. The van der Waals surface area contributed by atoms with Gasteiger partial charge in [0.2, 0.25) is 5.95 Å². The second-order valence-electron chi connectivity index (χ2n) is 9.04. The Hall–Kier alpha value is -2.38. The van der Waals surface area contributed by atoms with Crippen molar-refractivity contribution in [1.29, 1.82) is 0 Å². The number of H-pyrrole nitrogens is 1. The van der Waals surface area contributed by atoms with Crippen molar-refractivity contribution in [3.05, 3.63) is 36.2 Å². The number of rotatable bonds is 6. The summed E-state index contributed by atoms with van der Waals surface area (Å²) in [5.74, 6) is 0.266. The molecule has 1 aliphatic rings. The first-order valence-corrected chi connectivity index (χ1v) is 13.7. The van der Waals surface area contributed by atoms with Crippen molar-refractivity contribution >= 4 is 29.3 Å². The molecule has 4 rings (SSSR count). The molecule has 2 aromatic heterocycles. The van der Waals surface area contributed by atoms with Crippen molar-refractivity contribution in [3.63, 3.8) is 0 Å². The van der Waals surface area contributed by atoms with Crippen LogP contribution in [0.2, 0.25) is 0 Å². The standard InChI is InChI=1S/C23H28F3N4O2P/c1-33(2,32)19-10-6-9-15-16(11-27-21(15)19)20-17(23(24,25)26)12-28-22(30-20)29-18(13-31)14-7-4-3-5-8-14/h6,9-12,14,18,27,31H,3-5,7-8,13H2,1-2H3,(H,28,29,30). The van der Waals surface area contributed by atoms with E-state index in [1.54, 1.807) is 31.5 Å². The summed E-state index contributed by atoms with van der Waals surface area (Å²) < 4.78 is 54.3. The molecule has 0 saturated heterocycles. The van der Waals surface area contributed by atoms with Crippen LogP contribution < -0.4 is 10.6 Å². The zero-order chi connectivity index (χ0) is 23.8. The van der Waals surface area contributed by atoms with Crippen molar-refractivity contribution < 1.29 is 22.8 Å². The van der Waals surface area contributed by atoms with E-state index in [1.165, 1.54) is 6.20 Å². The van der Waals surface area contributed by atoms with Crippen LogP contribution in [0, 0.1) is 5.92 Å². The van der Waals surface area contributed by atoms with Gasteiger partial charge in [-0.05, 0) is 38.2 Å². The molecule has 0 amide bonds. The number of aliphatic hydroxyl groups is 1. The summed E-state index contributed by atoms with van der Waals surface area (Å²) >= 11 is 0. The van der Waals surface area contributed by atoms with Crippen LogP contribution in [0.15, 0.2) is 30.6 Å². The third kappa shape index (κ3) is 4.94. The molecule has 6 nitrogen and oxygen atoms in total. The van der Waals surface area contributed by atoms with Crippen LogP contribution in [0.25, 0.3) is 22.2 Å². The first-order chi connectivity index (χ1) is 15.6. The third-order valence-corrected chi connectivity index (χ3v) is 7.89. The molecule has 3 N–H and O–H groups in total. The number of benzene rings is 1. The maximum absolute atomic E-state index is 13.9. The first-order valence-electron chi connectivity index (χ1n) is 11.1. The molecule has 10 heteroatoms. The lowest BCUT2D eigenvalue weighted by molar-refractivity contribution is -0.137. The molecule has 1 aromatic carbocycles. The van der Waals surface area contributed by atoms with E-state index in [9.17, 15) is 22.8 Å². The fourth-order valence-electron chi connectivity index (χ4n) is 4.66. The molecule has 0 spiro atoms. The molecular weight excluding hydrogens is 452 g/mol. The predicted molar refractivity (Wildman–Crippen MR) is 124 cm³/mol. The molecule has 1 unspecified atom stereocenters. The Morgan fingerprint density at radius 1 is 1.24 bits per heavy atom. The molecule has 3 aromatic rings. The number of aromatic nitrogens is 3. The minimum absolute atomic E-state index is 0.0461. The first kappa shape index (κ1) is 23.8. The summed E-state index contributed by atoms with van der Waals surface area (Å²) in [6.45, 7) is 3.09. The molecule has 0 radical (unpaired) electrons. The van der Waals surface area contributed by atoms with E-state index in [1.807, 2.05) is 0 Å². The van der Waals surface area contributed by atoms with Gasteiger partial charge in [-0.1, -0.05) is 31.4 Å². The number of nitrogens with zero attached hydrogens (tertiary/aromatic N) is 2. The quantitative estimate of drug-likeness (QED) is 0.420. The maximum Gasteiger partial charge on any atom is 0.419 e. The lowest BCUT2D eigenvalue weighted by atomic mass is 9.84. The normalized spacial score (nSPS) is 16.8. The lowest BCUT2D eigenvalue weighted by Crippen LogP contribution is -2.34. The summed E-state index contributed by atoms with van der Waals surface area (Å²) in [6.07, 6.45) is 2.79. The second kappa shape index (κ2) is 9.11. The molecule has 33 heavy (non-hydrogen) atoms. The van der Waals surface area contributed by atoms with Crippen molar-refractivity contribution in [2.24, 2.45) is 5.92 Å². The van der Waals surface area contributed by atoms with Crippen molar-refractivity contribution in [3.8, 4) is 11.3 Å². The van der Waals surface area contributed by atoms with Gasteiger partial charge in [0.25, 0.3) is 0 Å². The van der Waals surface area contributed by atoms with Gasteiger partial charge in [0.1, 0.15) is 12.7 Å². The van der Waals surface area contributed by atoms with Crippen LogP contribution in [0.4, 0.5) is 19.1 Å². The number of hydrogen-bond donors (Lipinski definition) is 3. The Morgan fingerprint density at radius 3 is 2.61 bits per heavy atom. The number of nitrogens with one attached hydrogen (secondary N) is 2. The van der Waals surface area contributed by atoms with Crippen LogP contribution in [0.3, 0.4) is 0 Å². The van der Waals surface area contributed by atoms with E-state index in [0.29, 0.717) is 16.2 Å². The van der Waals surface area contributed by atoms with Crippen LogP contribution >= 0.6 is 7.14 Å². The minimum atomic E-state index is -4.65. The summed E-state index contributed by atoms with van der Waals surface area (Å²) in [5, 5.41) is 14.0. The minimum Gasteiger partial charge on any atom is -0.394 e. The Morgan fingerprint density at radius 2 is 1.97 bits per heavy atom. The summed E-state index contributed by atoms with van der Waals surface area (Å²) in [4.78, 5) is 11.2. The number of aromatic amines is 1. The SMILES string of the molecule is CP(C)(=O)c1cccc2c(-c3nc(NC(CO)C4CCCCC4)ncc3C(F)(F)F)c[nH]c12. The Bertz CT molecular complexity index is 1180. The van der Waals surface area contributed by atoms with Crippen molar-refractivity contribution in [1.82, 2.24) is 15.0 Å². The molecule has 178 valence electrons. The Labute approximate surface area is 190 Å².